The van der Waals surface area contributed by atoms with Crippen LogP contribution in [-0.2, 0) is 4.79 Å². The van der Waals surface area contributed by atoms with Crippen LogP contribution < -0.4 is 34.3 Å². The third-order valence-electron chi connectivity index (χ3n) is 3.82. The number of carbonyl (C=O) groups is 2. The van der Waals surface area contributed by atoms with Gasteiger partial charge < -0.3 is 11.3 Å². The molecule has 24 heavy (non-hydrogen) atoms. The Labute approximate surface area is 168 Å². The molecule has 1 aromatic carbocycles. The van der Waals surface area contributed by atoms with E-state index < -0.39 is 5.97 Å². The first-order valence-electron chi connectivity index (χ1n) is 8.67. The fourth-order valence-corrected chi connectivity index (χ4v) is 2.43. The molecule has 0 aromatic heterocycles. The first kappa shape index (κ1) is 23.2. The summed E-state index contributed by atoms with van der Waals surface area (Å²) >= 11 is 0. The van der Waals surface area contributed by atoms with Crippen molar-refractivity contribution in [2.24, 2.45) is 0 Å². The molecule has 0 aliphatic heterocycles. The van der Waals surface area contributed by atoms with Crippen molar-refractivity contribution in [3.8, 4) is 5.75 Å². The maximum Gasteiger partial charge on any atom is 1.00 e. The third-order valence-corrected chi connectivity index (χ3v) is 3.82. The molecule has 0 unspecified atom stereocenters. The van der Waals surface area contributed by atoms with Gasteiger partial charge in [0, 0.05) is 6.42 Å². The van der Waals surface area contributed by atoms with E-state index in [1.165, 1.54) is 69.2 Å². The molecule has 0 amide bonds. The fraction of sp³-hybridized carbons (Fsp3) is 0.579. The minimum absolute atomic E-state index is 0. The van der Waals surface area contributed by atoms with Gasteiger partial charge in [-0.3, -0.25) is 4.79 Å². The summed E-state index contributed by atoms with van der Waals surface area (Å²) in [4.78, 5) is 22.4. The van der Waals surface area contributed by atoms with E-state index in [-0.39, 0.29) is 42.5 Å². The van der Waals surface area contributed by atoms with Gasteiger partial charge >= 0.3 is 41.5 Å². The Hall–Kier alpha value is -0.840. The van der Waals surface area contributed by atoms with Crippen LogP contribution in [0, 0.1) is 0 Å². The molecule has 4 nitrogen and oxygen atoms in total. The van der Waals surface area contributed by atoms with Crippen molar-refractivity contribution in [3.05, 3.63) is 29.8 Å². The van der Waals surface area contributed by atoms with Crippen LogP contribution in [0.5, 0.6) is 5.75 Å². The topological polar surface area (TPSA) is 63.6 Å². The second-order valence-electron chi connectivity index (χ2n) is 5.88. The molecule has 0 saturated heterocycles. The van der Waals surface area contributed by atoms with E-state index in [9.17, 15) is 9.59 Å². The molecule has 0 bridgehead atoms. The average molecular weight is 344 g/mol. The number of rotatable bonds is 12. The Bertz CT molecular complexity index is 477. The zero-order valence-electron chi connectivity index (χ0n) is 16.1. The van der Waals surface area contributed by atoms with Crippen molar-refractivity contribution in [3.63, 3.8) is 0 Å². The van der Waals surface area contributed by atoms with Crippen molar-refractivity contribution in [2.75, 3.05) is 0 Å². The van der Waals surface area contributed by atoms with Gasteiger partial charge in [-0.25, -0.2) is 4.79 Å². The summed E-state index contributed by atoms with van der Waals surface area (Å²) in [5.74, 6) is -0.843. The Morgan fingerprint density at radius 3 is 1.92 bits per heavy atom. The summed E-state index contributed by atoms with van der Waals surface area (Å²) in [6, 6.07) is 5.89. The molecule has 0 atom stereocenters. The molecular formula is C19H29NaO4. The van der Waals surface area contributed by atoms with Crippen molar-refractivity contribution in [1.29, 1.82) is 0 Å². The van der Waals surface area contributed by atoms with Crippen LogP contribution in [0.3, 0.4) is 0 Å². The van der Waals surface area contributed by atoms with Crippen LogP contribution in [0.15, 0.2) is 24.3 Å². The van der Waals surface area contributed by atoms with Crippen LogP contribution in [0.4, 0.5) is 0 Å². The molecule has 1 rings (SSSR count). The summed E-state index contributed by atoms with van der Waals surface area (Å²) in [6.45, 7) is 2.22. The quantitative estimate of drug-likeness (QED) is 0.274. The molecule has 0 fully saturated rings. The maximum absolute atomic E-state index is 11.7. The standard InChI is InChI=1S/C19H28O4.Na.H/c1-2-3-4-5-6-7-8-9-10-11-18(20)23-17-14-12-16(13-15-17)19(21)22;;/h12-15H,2-11H2,1H3,(H,21,22);;/q;+1;-1. The molecule has 0 heterocycles. The van der Waals surface area contributed by atoms with Crippen molar-refractivity contribution in [1.82, 2.24) is 0 Å². The number of carboxylic acids is 1. The van der Waals surface area contributed by atoms with Gasteiger partial charge in [0.25, 0.3) is 0 Å². The molecular weight excluding hydrogens is 315 g/mol. The largest absolute Gasteiger partial charge is 1.00 e. The molecule has 0 spiro atoms. The minimum atomic E-state index is -0.988. The summed E-state index contributed by atoms with van der Waals surface area (Å²) < 4.78 is 5.19. The molecule has 1 N–H and O–H groups in total. The number of aromatic carboxylic acids is 1. The van der Waals surface area contributed by atoms with Gasteiger partial charge in [-0.15, -0.1) is 0 Å². The molecule has 1 aromatic rings. The second-order valence-corrected chi connectivity index (χ2v) is 5.88. The minimum Gasteiger partial charge on any atom is -1.00 e. The second kappa shape index (κ2) is 14.5. The number of esters is 1. The number of hydrogen-bond donors (Lipinski definition) is 1. The van der Waals surface area contributed by atoms with E-state index in [2.05, 4.69) is 6.92 Å². The predicted molar refractivity (Wildman–Crippen MR) is 92.0 cm³/mol. The number of carboxylic acid groups (broad SMARTS) is 1. The monoisotopic (exact) mass is 344 g/mol. The predicted octanol–water partition coefficient (Wildman–Crippen LogP) is 2.33. The summed E-state index contributed by atoms with van der Waals surface area (Å²) in [5.41, 5.74) is 0.184. The van der Waals surface area contributed by atoms with Crippen LogP contribution in [-0.4, -0.2) is 17.0 Å². The van der Waals surface area contributed by atoms with Crippen molar-refractivity contribution in [2.45, 2.75) is 71.1 Å². The smallest absolute Gasteiger partial charge is 1.00 e. The summed E-state index contributed by atoms with van der Waals surface area (Å²) in [6.07, 6.45) is 11.3. The molecule has 0 aliphatic rings. The van der Waals surface area contributed by atoms with E-state index in [0.29, 0.717) is 12.2 Å². The van der Waals surface area contributed by atoms with E-state index in [1.54, 1.807) is 0 Å². The SMILES string of the molecule is CCCCCCCCCCCC(=O)Oc1ccc(C(=O)O)cc1.[H-].[Na+]. The number of unbranched alkanes of at least 4 members (excludes halogenated alkanes) is 8. The van der Waals surface area contributed by atoms with Crippen LogP contribution >= 0.6 is 0 Å². The molecule has 0 saturated carbocycles. The first-order valence-corrected chi connectivity index (χ1v) is 8.67. The number of benzene rings is 1. The Balaban J connectivity index is 0. The zero-order chi connectivity index (χ0) is 16.9. The summed E-state index contributed by atoms with van der Waals surface area (Å²) in [5, 5.41) is 8.80. The van der Waals surface area contributed by atoms with Crippen molar-refractivity contribution < 1.29 is 50.4 Å². The van der Waals surface area contributed by atoms with Crippen LogP contribution in [0.25, 0.3) is 0 Å². The van der Waals surface area contributed by atoms with E-state index in [4.69, 9.17) is 9.84 Å². The van der Waals surface area contributed by atoms with Crippen LogP contribution in [0.1, 0.15) is 82.9 Å². The van der Waals surface area contributed by atoms with Gasteiger partial charge in [0.15, 0.2) is 0 Å². The van der Waals surface area contributed by atoms with E-state index in [0.717, 1.165) is 12.8 Å². The number of ether oxygens (including phenoxy) is 1. The van der Waals surface area contributed by atoms with Crippen molar-refractivity contribution >= 4 is 11.9 Å². The normalized spacial score (nSPS) is 10.0. The van der Waals surface area contributed by atoms with Gasteiger partial charge in [-0.2, -0.15) is 0 Å². The average Bonchev–Trinajstić information content (AvgIpc) is 2.54. The number of hydrogen-bond acceptors (Lipinski definition) is 3. The first-order chi connectivity index (χ1) is 11.1. The fourth-order valence-electron chi connectivity index (χ4n) is 2.43. The van der Waals surface area contributed by atoms with E-state index >= 15 is 0 Å². The Kier molecular flexibility index (Phi) is 14.0. The Morgan fingerprint density at radius 1 is 0.917 bits per heavy atom. The Morgan fingerprint density at radius 2 is 1.42 bits per heavy atom. The maximum atomic E-state index is 11.7. The van der Waals surface area contributed by atoms with Gasteiger partial charge in [0.2, 0.25) is 0 Å². The number of carbonyl (C=O) groups excluding carboxylic acids is 1. The van der Waals surface area contributed by atoms with Gasteiger partial charge in [0.1, 0.15) is 5.75 Å². The van der Waals surface area contributed by atoms with Gasteiger partial charge in [-0.1, -0.05) is 58.3 Å². The van der Waals surface area contributed by atoms with Gasteiger partial charge in [0.05, 0.1) is 5.56 Å². The van der Waals surface area contributed by atoms with Crippen LogP contribution in [0.2, 0.25) is 0 Å². The summed E-state index contributed by atoms with van der Waals surface area (Å²) in [7, 11) is 0. The molecule has 0 radical (unpaired) electrons. The zero-order valence-corrected chi connectivity index (χ0v) is 17.1. The third kappa shape index (κ3) is 10.8. The van der Waals surface area contributed by atoms with Gasteiger partial charge in [-0.05, 0) is 30.7 Å². The molecule has 5 heteroatoms. The molecule has 130 valence electrons. The molecule has 0 aliphatic carbocycles. The van der Waals surface area contributed by atoms with E-state index in [1.807, 2.05) is 0 Å².